The van der Waals surface area contributed by atoms with E-state index >= 15 is 0 Å². The van der Waals surface area contributed by atoms with E-state index in [1.54, 1.807) is 77.7 Å². The van der Waals surface area contributed by atoms with Crippen LogP contribution in [0.3, 0.4) is 0 Å². The molecule has 1 aromatic heterocycles. The Labute approximate surface area is 395 Å². The molecule has 354 valence electrons. The maximum absolute atomic E-state index is 13.9. The summed E-state index contributed by atoms with van der Waals surface area (Å²) < 4.78 is 11.8. The second-order valence-electron chi connectivity index (χ2n) is 17.8. The number of hydrogen-bond acceptors (Lipinski definition) is 11. The number of rotatable bonds is 18. The lowest BCUT2D eigenvalue weighted by Gasteiger charge is -2.33. The Morgan fingerprint density at radius 3 is 2.22 bits per heavy atom. The number of benzene rings is 5. The number of phenols is 1. The summed E-state index contributed by atoms with van der Waals surface area (Å²) in [5.41, 5.74) is 1.90. The monoisotopic (exact) mass is 921 g/mol. The lowest BCUT2D eigenvalue weighted by Crippen LogP contribution is -2.47. The van der Waals surface area contributed by atoms with Crippen molar-refractivity contribution < 1.29 is 39.2 Å². The van der Waals surface area contributed by atoms with Gasteiger partial charge in [0.2, 0.25) is 11.2 Å². The van der Waals surface area contributed by atoms with Crippen LogP contribution in [0.25, 0.3) is 10.9 Å². The standard InChI is InChI=1S/C54H59N5O9/c60-47-20-18-45(46-19-21-49(62)57-51(46)47)48(61)33-55-27-22-37-14-16-40(17-15-37)52(64)56-43-25-30-59(31-26-43)50(63)36-67-44-13-7-12-42(32-44)54(66,41-10-5-2-6-11-41)53(65)68-35-39-23-28-58(29-24-39)34-38-8-3-1-4-9-38/h1-21,32,39,43,48,55,60-61,66H,22-31,33-36H2,(H,56,64)(H,57,62)/t48-,54?/m0/s1. The first-order valence-electron chi connectivity index (χ1n) is 23.4. The molecule has 68 heavy (non-hydrogen) atoms. The van der Waals surface area contributed by atoms with Gasteiger partial charge in [0, 0.05) is 54.8 Å². The summed E-state index contributed by atoms with van der Waals surface area (Å²) in [6.07, 6.45) is 2.74. The third-order valence-electron chi connectivity index (χ3n) is 13.1. The number of nitrogens with zero attached hydrogens (tertiary/aromatic N) is 2. The van der Waals surface area contributed by atoms with Crippen molar-refractivity contribution >= 4 is 28.7 Å². The van der Waals surface area contributed by atoms with Crippen LogP contribution in [0.2, 0.25) is 0 Å². The Kier molecular flexibility index (Phi) is 15.6. The van der Waals surface area contributed by atoms with E-state index in [0.29, 0.717) is 66.7 Å². The summed E-state index contributed by atoms with van der Waals surface area (Å²) in [5.74, 6) is -0.719. The fraction of sp³-hybridized carbons (Fsp3) is 0.333. The summed E-state index contributed by atoms with van der Waals surface area (Å²) in [4.78, 5) is 58.9. The minimum Gasteiger partial charge on any atom is -0.506 e. The number of nitrogens with one attached hydrogen (secondary N) is 3. The van der Waals surface area contributed by atoms with Crippen molar-refractivity contribution in [3.8, 4) is 11.5 Å². The summed E-state index contributed by atoms with van der Waals surface area (Å²) in [6.45, 7) is 4.38. The van der Waals surface area contributed by atoms with Gasteiger partial charge >= 0.3 is 5.97 Å². The van der Waals surface area contributed by atoms with Gasteiger partial charge in [-0.2, -0.15) is 0 Å². The number of carbonyl (C=O) groups excluding carboxylic acids is 3. The van der Waals surface area contributed by atoms with E-state index in [9.17, 15) is 34.5 Å². The lowest BCUT2D eigenvalue weighted by molar-refractivity contribution is -0.164. The number of hydrogen-bond donors (Lipinski definition) is 6. The first-order valence-corrected chi connectivity index (χ1v) is 23.4. The van der Waals surface area contributed by atoms with E-state index in [0.717, 1.165) is 38.0 Å². The first-order chi connectivity index (χ1) is 33.0. The predicted octanol–water partition coefficient (Wildman–Crippen LogP) is 5.59. The van der Waals surface area contributed by atoms with E-state index in [1.165, 1.54) is 17.7 Å². The minimum absolute atomic E-state index is 0.0612. The van der Waals surface area contributed by atoms with E-state index < -0.39 is 17.7 Å². The second-order valence-corrected chi connectivity index (χ2v) is 17.8. The number of aliphatic hydroxyl groups excluding tert-OH is 1. The molecule has 2 aliphatic rings. The maximum atomic E-state index is 13.9. The van der Waals surface area contributed by atoms with Crippen molar-refractivity contribution in [2.75, 3.05) is 52.5 Å². The van der Waals surface area contributed by atoms with Crippen molar-refractivity contribution in [3.05, 3.63) is 177 Å². The van der Waals surface area contributed by atoms with Gasteiger partial charge < -0.3 is 45.3 Å². The Morgan fingerprint density at radius 2 is 1.49 bits per heavy atom. The Balaban J connectivity index is 0.766. The normalized spacial score (nSPS) is 16.2. The topological polar surface area (TPSA) is 194 Å². The van der Waals surface area contributed by atoms with Gasteiger partial charge in [-0.1, -0.05) is 91.0 Å². The smallest absolute Gasteiger partial charge is 0.347 e. The summed E-state index contributed by atoms with van der Waals surface area (Å²) in [7, 11) is 0. The highest BCUT2D eigenvalue weighted by Crippen LogP contribution is 2.34. The van der Waals surface area contributed by atoms with Gasteiger partial charge in [0.15, 0.2) is 6.61 Å². The van der Waals surface area contributed by atoms with E-state index in [4.69, 9.17) is 9.47 Å². The molecule has 0 aliphatic carbocycles. The molecule has 2 fully saturated rings. The van der Waals surface area contributed by atoms with Crippen molar-refractivity contribution in [2.24, 2.45) is 5.92 Å². The van der Waals surface area contributed by atoms with Crippen LogP contribution >= 0.6 is 0 Å². The largest absolute Gasteiger partial charge is 0.506 e. The lowest BCUT2D eigenvalue weighted by atomic mass is 9.86. The number of piperidine rings is 2. The molecule has 2 amide bonds. The van der Waals surface area contributed by atoms with Gasteiger partial charge in [0.1, 0.15) is 11.5 Å². The van der Waals surface area contributed by atoms with Gasteiger partial charge in [0.05, 0.1) is 18.2 Å². The Morgan fingerprint density at radius 1 is 0.779 bits per heavy atom. The van der Waals surface area contributed by atoms with Crippen LogP contribution in [0.4, 0.5) is 0 Å². The average Bonchev–Trinajstić information content (AvgIpc) is 3.37. The molecule has 0 spiro atoms. The molecule has 3 heterocycles. The van der Waals surface area contributed by atoms with Crippen LogP contribution in [0, 0.1) is 5.92 Å². The fourth-order valence-electron chi connectivity index (χ4n) is 9.08. The van der Waals surface area contributed by atoms with Crippen LogP contribution in [-0.2, 0) is 32.9 Å². The summed E-state index contributed by atoms with van der Waals surface area (Å²) in [6, 6.07) is 39.0. The zero-order chi connectivity index (χ0) is 47.5. The Bertz CT molecular complexity index is 2700. The van der Waals surface area contributed by atoms with Crippen molar-refractivity contribution in [3.63, 3.8) is 0 Å². The number of H-pyrrole nitrogens is 1. The number of aromatic nitrogens is 1. The quantitative estimate of drug-likeness (QED) is 0.0465. The highest BCUT2D eigenvalue weighted by atomic mass is 16.5. The molecule has 6 N–H and O–H groups in total. The molecular formula is C54H59N5O9. The highest BCUT2D eigenvalue weighted by Gasteiger charge is 2.42. The van der Waals surface area contributed by atoms with Gasteiger partial charge in [-0.3, -0.25) is 19.3 Å². The Hall–Kier alpha value is -6.84. The third-order valence-corrected chi connectivity index (χ3v) is 13.1. The predicted molar refractivity (Wildman–Crippen MR) is 258 cm³/mol. The van der Waals surface area contributed by atoms with E-state index in [1.807, 2.05) is 36.4 Å². The fourth-order valence-corrected chi connectivity index (χ4v) is 9.08. The molecule has 2 atom stereocenters. The molecular weight excluding hydrogens is 863 g/mol. The number of carbonyl (C=O) groups is 3. The first kappa shape index (κ1) is 47.6. The van der Waals surface area contributed by atoms with Gasteiger partial charge in [-0.25, -0.2) is 4.79 Å². The number of aromatic amines is 1. The van der Waals surface area contributed by atoms with Crippen LogP contribution in [0.5, 0.6) is 11.5 Å². The van der Waals surface area contributed by atoms with Crippen LogP contribution in [0.1, 0.15) is 70.0 Å². The van der Waals surface area contributed by atoms with Gasteiger partial charge in [-0.05, 0) is 116 Å². The number of fused-ring (bicyclic) bond motifs is 1. The van der Waals surface area contributed by atoms with Gasteiger partial charge in [0.25, 0.3) is 11.8 Å². The molecule has 0 radical (unpaired) electrons. The SMILES string of the molecule is O=C(NC1CCN(C(=O)COc2cccc(C(O)(C(=O)OCC3CCN(Cc4ccccc4)CC3)c3ccccc3)c2)CC1)c1ccc(CCNC[C@H](O)c2ccc(O)c3[nH]c(=O)ccc23)cc1. The van der Waals surface area contributed by atoms with Gasteiger partial charge in [-0.15, -0.1) is 0 Å². The molecule has 1 unspecified atom stereocenters. The zero-order valence-electron chi connectivity index (χ0n) is 38.0. The molecule has 0 saturated carbocycles. The number of aromatic hydroxyl groups is 1. The molecule has 6 aromatic rings. The number of amides is 2. The zero-order valence-corrected chi connectivity index (χ0v) is 38.0. The molecule has 2 aliphatic heterocycles. The van der Waals surface area contributed by atoms with E-state index in [2.05, 4.69) is 32.7 Å². The van der Waals surface area contributed by atoms with Crippen molar-refractivity contribution in [2.45, 2.75) is 56.4 Å². The number of esters is 1. The number of ether oxygens (including phenoxy) is 2. The third kappa shape index (κ3) is 11.8. The average molecular weight is 922 g/mol. The molecule has 2 saturated heterocycles. The molecule has 14 nitrogen and oxygen atoms in total. The number of aliphatic hydroxyl groups is 2. The summed E-state index contributed by atoms with van der Waals surface area (Å²) in [5, 5.41) is 40.1. The minimum atomic E-state index is -2.10. The highest BCUT2D eigenvalue weighted by molar-refractivity contribution is 5.94. The number of phenolic OH excluding ortho intramolecular Hbond substituents is 1. The molecule has 0 bridgehead atoms. The molecule has 5 aromatic carbocycles. The van der Waals surface area contributed by atoms with Crippen LogP contribution < -0.4 is 20.9 Å². The summed E-state index contributed by atoms with van der Waals surface area (Å²) >= 11 is 0. The number of pyridine rings is 1. The second kappa shape index (κ2) is 22.3. The van der Waals surface area contributed by atoms with E-state index in [-0.39, 0.29) is 65.9 Å². The van der Waals surface area contributed by atoms with Crippen LogP contribution in [-0.4, -0.2) is 106 Å². The molecule has 8 rings (SSSR count). The van der Waals surface area contributed by atoms with Crippen molar-refractivity contribution in [1.82, 2.24) is 25.4 Å². The van der Waals surface area contributed by atoms with Crippen LogP contribution in [0.15, 0.2) is 138 Å². The van der Waals surface area contributed by atoms with Crippen molar-refractivity contribution in [1.29, 1.82) is 0 Å². The maximum Gasteiger partial charge on any atom is 0.347 e. The number of likely N-dealkylation sites (tertiary alicyclic amines) is 2. The molecule has 14 heteroatoms.